The first kappa shape index (κ1) is 25.6. The molecule has 0 unspecified atom stereocenters. The molecule has 4 nitrogen and oxygen atoms in total. The molecular formula is C29H35N3OS2. The summed E-state index contributed by atoms with van der Waals surface area (Å²) in [5.41, 5.74) is 8.17. The van der Waals surface area contributed by atoms with Gasteiger partial charge in [0.1, 0.15) is 5.03 Å². The number of carbonyl (C=O) groups is 1. The van der Waals surface area contributed by atoms with E-state index in [9.17, 15) is 4.79 Å². The van der Waals surface area contributed by atoms with Gasteiger partial charge in [-0.3, -0.25) is 0 Å². The van der Waals surface area contributed by atoms with Crippen molar-refractivity contribution >= 4 is 35.2 Å². The number of hydrogen-bond acceptors (Lipinski definition) is 4. The van der Waals surface area contributed by atoms with Gasteiger partial charge in [0, 0.05) is 23.2 Å². The molecule has 0 radical (unpaired) electrons. The van der Waals surface area contributed by atoms with Gasteiger partial charge in [0.25, 0.3) is 0 Å². The molecule has 0 saturated heterocycles. The number of fused-ring (bicyclic) bond motifs is 1. The molecule has 0 fully saturated rings. The van der Waals surface area contributed by atoms with Crippen molar-refractivity contribution in [3.05, 3.63) is 82.0 Å². The van der Waals surface area contributed by atoms with Crippen molar-refractivity contribution in [1.82, 2.24) is 9.88 Å². The summed E-state index contributed by atoms with van der Waals surface area (Å²) in [7, 11) is 0. The predicted molar refractivity (Wildman–Crippen MR) is 150 cm³/mol. The summed E-state index contributed by atoms with van der Waals surface area (Å²) < 4.78 is 0. The summed E-state index contributed by atoms with van der Waals surface area (Å²) in [4.78, 5) is 21.9. The van der Waals surface area contributed by atoms with E-state index in [1.54, 1.807) is 23.5 Å². The van der Waals surface area contributed by atoms with E-state index in [4.69, 9.17) is 4.98 Å². The van der Waals surface area contributed by atoms with Crippen LogP contribution < -0.4 is 5.32 Å². The molecular weight excluding hydrogens is 470 g/mol. The van der Waals surface area contributed by atoms with Gasteiger partial charge in [0.2, 0.25) is 0 Å². The molecule has 1 aliphatic rings. The minimum Gasteiger partial charge on any atom is -0.317 e. The summed E-state index contributed by atoms with van der Waals surface area (Å²) >= 11 is 3.44. The van der Waals surface area contributed by atoms with Crippen LogP contribution >= 0.6 is 23.5 Å². The molecule has 4 rings (SSSR count). The Balaban J connectivity index is 1.68. The van der Waals surface area contributed by atoms with Crippen LogP contribution in [0.4, 0.5) is 10.5 Å². The van der Waals surface area contributed by atoms with Crippen molar-refractivity contribution in [2.75, 3.05) is 16.8 Å². The molecule has 0 aliphatic heterocycles. The van der Waals surface area contributed by atoms with Crippen LogP contribution in [0.2, 0.25) is 0 Å². The Labute approximate surface area is 218 Å². The number of rotatable bonds is 8. The number of benzene rings is 2. The quantitative estimate of drug-likeness (QED) is 0.323. The van der Waals surface area contributed by atoms with Crippen LogP contribution in [0.3, 0.4) is 0 Å². The van der Waals surface area contributed by atoms with E-state index in [1.807, 2.05) is 11.8 Å². The number of pyridine rings is 1. The van der Waals surface area contributed by atoms with Gasteiger partial charge in [-0.25, -0.2) is 9.78 Å². The maximum absolute atomic E-state index is 14.0. The van der Waals surface area contributed by atoms with Crippen LogP contribution in [0.25, 0.3) is 0 Å². The number of aromatic nitrogens is 1. The highest BCUT2D eigenvalue weighted by Gasteiger charge is 2.31. The Kier molecular flexibility index (Phi) is 8.45. The number of nitrogens with one attached hydrogen (secondary N) is 1. The van der Waals surface area contributed by atoms with Crippen molar-refractivity contribution in [1.29, 1.82) is 0 Å². The van der Waals surface area contributed by atoms with Crippen LogP contribution in [0.5, 0.6) is 0 Å². The molecule has 0 atom stereocenters. The van der Waals surface area contributed by atoms with Crippen molar-refractivity contribution in [3.63, 3.8) is 0 Å². The van der Waals surface area contributed by atoms with Crippen LogP contribution in [0.1, 0.15) is 47.4 Å². The fourth-order valence-corrected chi connectivity index (χ4v) is 6.46. The number of anilines is 1. The molecule has 0 bridgehead atoms. The van der Waals surface area contributed by atoms with Gasteiger partial charge in [-0.1, -0.05) is 61.9 Å². The minimum absolute atomic E-state index is 0.0515. The molecule has 1 heterocycles. The van der Waals surface area contributed by atoms with Crippen LogP contribution in [-0.2, 0) is 19.4 Å². The average Bonchev–Trinajstić information content (AvgIpc) is 3.25. The molecule has 35 heavy (non-hydrogen) atoms. The number of aryl methyl sites for hydroxylation is 3. The highest BCUT2D eigenvalue weighted by atomic mass is 32.2. The van der Waals surface area contributed by atoms with E-state index in [-0.39, 0.29) is 12.1 Å². The van der Waals surface area contributed by atoms with Crippen molar-refractivity contribution in [2.45, 2.75) is 70.0 Å². The number of nitrogens with zero attached hydrogens (tertiary/aromatic N) is 2. The summed E-state index contributed by atoms with van der Waals surface area (Å²) in [6.07, 6.45) is 1.77. The Bertz CT molecular complexity index is 1160. The van der Waals surface area contributed by atoms with Gasteiger partial charge < -0.3 is 10.2 Å². The minimum atomic E-state index is -0.0515. The molecule has 3 aromatic rings. The second-order valence-electron chi connectivity index (χ2n) is 9.13. The molecule has 184 valence electrons. The molecule has 6 heteroatoms. The summed E-state index contributed by atoms with van der Waals surface area (Å²) in [6.45, 7) is 11.1. The van der Waals surface area contributed by atoms with Gasteiger partial charge in [-0.2, -0.15) is 0 Å². The fourth-order valence-electron chi connectivity index (χ4n) is 4.75. The molecule has 1 aliphatic carbocycles. The van der Waals surface area contributed by atoms with E-state index >= 15 is 0 Å². The fraction of sp³-hybridized carbons (Fsp3) is 0.379. The van der Waals surface area contributed by atoms with Crippen molar-refractivity contribution < 1.29 is 4.79 Å². The van der Waals surface area contributed by atoms with E-state index in [0.717, 1.165) is 45.7 Å². The molecule has 2 aromatic carbocycles. The zero-order valence-electron chi connectivity index (χ0n) is 21.4. The lowest BCUT2D eigenvalue weighted by atomic mass is 10.0. The van der Waals surface area contributed by atoms with E-state index in [2.05, 4.69) is 81.5 Å². The number of carbonyl (C=O) groups excluding carboxylic acids is 1. The summed E-state index contributed by atoms with van der Waals surface area (Å²) in [6, 6.07) is 17.2. The smallest absolute Gasteiger partial charge is 0.317 e. The molecule has 2 amide bonds. The van der Waals surface area contributed by atoms with Crippen LogP contribution in [-0.4, -0.2) is 33.5 Å². The molecule has 1 N–H and O–H groups in total. The maximum Gasteiger partial charge on any atom is 0.322 e. The summed E-state index contributed by atoms with van der Waals surface area (Å²) in [5, 5.41) is 4.21. The lowest BCUT2D eigenvalue weighted by Gasteiger charge is -2.30. The van der Waals surface area contributed by atoms with Gasteiger partial charge in [-0.15, -0.1) is 23.5 Å². The highest BCUT2D eigenvalue weighted by Crippen LogP contribution is 2.36. The first-order valence-electron chi connectivity index (χ1n) is 12.4. The number of thioether (sulfide) groups is 2. The Morgan fingerprint density at radius 3 is 2.31 bits per heavy atom. The maximum atomic E-state index is 14.0. The third-order valence-electron chi connectivity index (χ3n) is 6.46. The lowest BCUT2D eigenvalue weighted by Crippen LogP contribution is -2.43. The average molecular weight is 506 g/mol. The predicted octanol–water partition coefficient (Wildman–Crippen LogP) is 7.43. The zero-order valence-corrected chi connectivity index (χ0v) is 23.0. The standard InChI is InChI=1S/C29H35N3OS2/c1-6-34-26-15-21(5)30-28(35-7-2)27(26)31-29(33)32(18-24-13-12-19(3)14-20(24)4)25-16-22-10-8-9-11-23(22)17-25/h8-15,25H,6-7,16-18H2,1-5H3,(H,31,33). The molecule has 1 aromatic heterocycles. The molecule has 0 saturated carbocycles. The van der Waals surface area contributed by atoms with Gasteiger partial charge in [0.15, 0.2) is 0 Å². The third kappa shape index (κ3) is 6.04. The SMILES string of the molecule is CCSc1cc(C)nc(SCC)c1NC(=O)N(Cc1ccc(C)cc1C)C1Cc2ccccc2C1. The van der Waals surface area contributed by atoms with Gasteiger partial charge >= 0.3 is 6.03 Å². The van der Waals surface area contributed by atoms with Crippen molar-refractivity contribution in [3.8, 4) is 0 Å². The van der Waals surface area contributed by atoms with Crippen LogP contribution in [0.15, 0.2) is 58.5 Å². The van der Waals surface area contributed by atoms with E-state index < -0.39 is 0 Å². The number of hydrogen-bond donors (Lipinski definition) is 1. The monoisotopic (exact) mass is 505 g/mol. The largest absolute Gasteiger partial charge is 0.322 e. The Hall–Kier alpha value is -2.44. The zero-order chi connectivity index (χ0) is 24.9. The highest BCUT2D eigenvalue weighted by molar-refractivity contribution is 8.00. The Morgan fingerprint density at radius 1 is 1.00 bits per heavy atom. The topological polar surface area (TPSA) is 45.2 Å². The first-order valence-corrected chi connectivity index (χ1v) is 14.3. The number of amides is 2. The summed E-state index contributed by atoms with van der Waals surface area (Å²) in [5.74, 6) is 1.84. The molecule has 0 spiro atoms. The Morgan fingerprint density at radius 2 is 1.69 bits per heavy atom. The van der Waals surface area contributed by atoms with E-state index in [1.165, 1.54) is 27.8 Å². The van der Waals surface area contributed by atoms with Crippen molar-refractivity contribution in [2.24, 2.45) is 0 Å². The lowest BCUT2D eigenvalue weighted by molar-refractivity contribution is 0.185. The number of urea groups is 1. The first-order chi connectivity index (χ1) is 16.9. The van der Waals surface area contributed by atoms with E-state index in [0.29, 0.717) is 6.54 Å². The van der Waals surface area contributed by atoms with Crippen LogP contribution in [0, 0.1) is 20.8 Å². The second kappa shape index (κ2) is 11.5. The second-order valence-corrected chi connectivity index (χ2v) is 11.7. The van der Waals surface area contributed by atoms with Gasteiger partial charge in [0.05, 0.1) is 5.69 Å². The third-order valence-corrected chi connectivity index (χ3v) is 8.24. The normalized spacial score (nSPS) is 13.1. The van der Waals surface area contributed by atoms with Gasteiger partial charge in [-0.05, 0) is 73.4 Å².